The van der Waals surface area contributed by atoms with E-state index in [0.29, 0.717) is 11.1 Å². The minimum atomic E-state index is -0.464. The molecule has 4 nitrogen and oxygen atoms in total. The smallest absolute Gasteiger partial charge is 0.258 e. The van der Waals surface area contributed by atoms with Crippen LogP contribution < -0.4 is 0 Å². The van der Waals surface area contributed by atoms with E-state index in [9.17, 15) is 15.4 Å². The number of hydrogen-bond acceptors (Lipinski definition) is 3. The summed E-state index contributed by atoms with van der Waals surface area (Å²) in [5.41, 5.74) is 3.06. The zero-order valence-electron chi connectivity index (χ0n) is 11.6. The number of nitriles is 1. The van der Waals surface area contributed by atoms with E-state index in [1.165, 1.54) is 17.7 Å². The molecule has 2 rings (SSSR count). The Kier molecular flexibility index (Phi) is 4.47. The quantitative estimate of drug-likeness (QED) is 0.364. The molecule has 0 amide bonds. The Balaban J connectivity index is 2.38. The molecule has 4 heteroatoms. The van der Waals surface area contributed by atoms with Crippen LogP contribution in [0.5, 0.6) is 0 Å². The second-order valence-corrected chi connectivity index (χ2v) is 4.57. The molecule has 0 heterocycles. The van der Waals surface area contributed by atoms with Gasteiger partial charge in [-0.15, -0.1) is 0 Å². The molecule has 104 valence electrons. The third-order valence-corrected chi connectivity index (χ3v) is 3.19. The molecule has 0 fully saturated rings. The Labute approximate surface area is 123 Å². The standard InChI is InChI=1S/C17H14N2O2/c1-2-13-6-8-14(9-7-13)10-16(12-18)15-4-3-5-17(11-15)19(20)21/h3-11H,2H2,1H3/b16-10-. The predicted molar refractivity (Wildman–Crippen MR) is 82.4 cm³/mol. The molecule has 0 saturated carbocycles. The van der Waals surface area contributed by atoms with Crippen molar-refractivity contribution in [3.05, 3.63) is 75.3 Å². The van der Waals surface area contributed by atoms with Crippen molar-refractivity contribution in [3.63, 3.8) is 0 Å². The normalized spacial score (nSPS) is 11.0. The van der Waals surface area contributed by atoms with Crippen LogP contribution in [0.3, 0.4) is 0 Å². The Morgan fingerprint density at radius 1 is 1.29 bits per heavy atom. The summed E-state index contributed by atoms with van der Waals surface area (Å²) in [6.45, 7) is 2.08. The minimum absolute atomic E-state index is 0.0185. The van der Waals surface area contributed by atoms with Gasteiger partial charge in [-0.2, -0.15) is 5.26 Å². The molecular weight excluding hydrogens is 264 g/mol. The lowest BCUT2D eigenvalue weighted by molar-refractivity contribution is -0.384. The SMILES string of the molecule is CCc1ccc(/C=C(/C#N)c2cccc([N+](=O)[O-])c2)cc1. The number of nitrogens with zero attached hydrogens (tertiary/aromatic N) is 2. The average Bonchev–Trinajstić information content (AvgIpc) is 2.53. The summed E-state index contributed by atoms with van der Waals surface area (Å²) in [5.74, 6) is 0. The van der Waals surface area contributed by atoms with Crippen LogP contribution in [0.15, 0.2) is 48.5 Å². The van der Waals surface area contributed by atoms with Crippen molar-refractivity contribution in [2.45, 2.75) is 13.3 Å². The van der Waals surface area contributed by atoms with E-state index in [0.717, 1.165) is 12.0 Å². The largest absolute Gasteiger partial charge is 0.270 e. The summed E-state index contributed by atoms with van der Waals surface area (Å²) >= 11 is 0. The van der Waals surface area contributed by atoms with Crippen molar-refractivity contribution in [2.24, 2.45) is 0 Å². The minimum Gasteiger partial charge on any atom is -0.258 e. The third-order valence-electron chi connectivity index (χ3n) is 3.19. The first-order valence-electron chi connectivity index (χ1n) is 6.59. The highest BCUT2D eigenvalue weighted by Crippen LogP contribution is 2.22. The van der Waals surface area contributed by atoms with E-state index in [2.05, 4.69) is 13.0 Å². The Morgan fingerprint density at radius 3 is 2.57 bits per heavy atom. The van der Waals surface area contributed by atoms with Crippen molar-refractivity contribution < 1.29 is 4.92 Å². The molecule has 0 saturated heterocycles. The molecule has 0 spiro atoms. The van der Waals surface area contributed by atoms with Gasteiger partial charge in [0.2, 0.25) is 0 Å². The van der Waals surface area contributed by atoms with Gasteiger partial charge in [-0.25, -0.2) is 0 Å². The van der Waals surface area contributed by atoms with Gasteiger partial charge >= 0.3 is 0 Å². The molecule has 0 atom stereocenters. The first kappa shape index (κ1) is 14.5. The van der Waals surface area contributed by atoms with Crippen molar-refractivity contribution >= 4 is 17.3 Å². The van der Waals surface area contributed by atoms with E-state index in [1.807, 2.05) is 24.3 Å². The molecule has 0 aliphatic rings. The highest BCUT2D eigenvalue weighted by atomic mass is 16.6. The van der Waals surface area contributed by atoms with Crippen LogP contribution in [0.1, 0.15) is 23.6 Å². The number of non-ortho nitro benzene ring substituents is 1. The predicted octanol–water partition coefficient (Wildman–Crippen LogP) is 4.22. The maximum atomic E-state index is 10.8. The maximum Gasteiger partial charge on any atom is 0.270 e. The fraction of sp³-hybridized carbons (Fsp3) is 0.118. The summed E-state index contributed by atoms with van der Waals surface area (Å²) in [6, 6.07) is 16.1. The third kappa shape index (κ3) is 3.54. The van der Waals surface area contributed by atoms with Gasteiger partial charge in [0, 0.05) is 12.1 Å². The van der Waals surface area contributed by atoms with Crippen LogP contribution >= 0.6 is 0 Å². The summed E-state index contributed by atoms with van der Waals surface area (Å²) in [7, 11) is 0. The molecule has 21 heavy (non-hydrogen) atoms. The second-order valence-electron chi connectivity index (χ2n) is 4.57. The summed E-state index contributed by atoms with van der Waals surface area (Å²) in [6.07, 6.45) is 2.69. The van der Waals surface area contributed by atoms with Crippen molar-refractivity contribution in [1.29, 1.82) is 5.26 Å². The van der Waals surface area contributed by atoms with E-state index < -0.39 is 4.92 Å². The molecular formula is C17H14N2O2. The Morgan fingerprint density at radius 2 is 2.00 bits per heavy atom. The van der Waals surface area contributed by atoms with E-state index in [1.54, 1.807) is 18.2 Å². The molecule has 0 aliphatic carbocycles. The maximum absolute atomic E-state index is 10.8. The van der Waals surface area contributed by atoms with Crippen LogP contribution in [0, 0.1) is 21.4 Å². The lowest BCUT2D eigenvalue weighted by Gasteiger charge is -2.01. The van der Waals surface area contributed by atoms with Gasteiger partial charge < -0.3 is 0 Å². The molecule has 2 aromatic rings. The first-order chi connectivity index (χ1) is 10.1. The fourth-order valence-electron chi connectivity index (χ4n) is 1.98. The number of hydrogen-bond donors (Lipinski definition) is 0. The second kappa shape index (κ2) is 6.49. The Hall–Kier alpha value is -2.93. The molecule has 0 radical (unpaired) electrons. The van der Waals surface area contributed by atoms with Crippen molar-refractivity contribution in [2.75, 3.05) is 0 Å². The molecule has 2 aromatic carbocycles. The summed E-state index contributed by atoms with van der Waals surface area (Å²) in [5, 5.41) is 20.1. The average molecular weight is 278 g/mol. The number of rotatable bonds is 4. The van der Waals surface area contributed by atoms with Crippen molar-refractivity contribution in [1.82, 2.24) is 0 Å². The van der Waals surface area contributed by atoms with Gasteiger partial charge in [0.05, 0.1) is 16.6 Å². The van der Waals surface area contributed by atoms with Crippen LogP contribution in [0.25, 0.3) is 11.6 Å². The lowest BCUT2D eigenvalue weighted by Crippen LogP contribution is -1.89. The van der Waals surface area contributed by atoms with Gasteiger partial charge in [-0.1, -0.05) is 43.3 Å². The van der Waals surface area contributed by atoms with Gasteiger partial charge in [0.15, 0.2) is 0 Å². The molecule has 0 bridgehead atoms. The van der Waals surface area contributed by atoms with E-state index >= 15 is 0 Å². The van der Waals surface area contributed by atoms with E-state index in [-0.39, 0.29) is 5.69 Å². The highest BCUT2D eigenvalue weighted by molar-refractivity contribution is 5.90. The van der Waals surface area contributed by atoms with Gasteiger partial charge in [0.25, 0.3) is 5.69 Å². The fourth-order valence-corrected chi connectivity index (χ4v) is 1.98. The molecule has 0 unspecified atom stereocenters. The molecule has 0 aliphatic heterocycles. The first-order valence-corrected chi connectivity index (χ1v) is 6.59. The van der Waals surface area contributed by atoms with Crippen LogP contribution in [-0.2, 0) is 6.42 Å². The summed E-state index contributed by atoms with van der Waals surface area (Å²) < 4.78 is 0. The topological polar surface area (TPSA) is 66.9 Å². The number of allylic oxidation sites excluding steroid dienone is 1. The van der Waals surface area contributed by atoms with Gasteiger partial charge in [-0.3, -0.25) is 10.1 Å². The highest BCUT2D eigenvalue weighted by Gasteiger charge is 2.08. The molecule has 0 N–H and O–H groups in total. The summed E-state index contributed by atoms with van der Waals surface area (Å²) in [4.78, 5) is 10.3. The monoisotopic (exact) mass is 278 g/mol. The number of nitro benzene ring substituents is 1. The van der Waals surface area contributed by atoms with Gasteiger partial charge in [-0.05, 0) is 29.2 Å². The van der Waals surface area contributed by atoms with Gasteiger partial charge in [0.1, 0.15) is 0 Å². The Bertz CT molecular complexity index is 725. The van der Waals surface area contributed by atoms with Crippen LogP contribution in [0.4, 0.5) is 5.69 Å². The number of benzene rings is 2. The van der Waals surface area contributed by atoms with Crippen molar-refractivity contribution in [3.8, 4) is 6.07 Å². The number of nitro groups is 1. The van der Waals surface area contributed by atoms with Crippen LogP contribution in [0.2, 0.25) is 0 Å². The zero-order valence-corrected chi connectivity index (χ0v) is 11.6. The van der Waals surface area contributed by atoms with E-state index in [4.69, 9.17) is 0 Å². The lowest BCUT2D eigenvalue weighted by atomic mass is 10.0. The number of aryl methyl sites for hydroxylation is 1. The van der Waals surface area contributed by atoms with Crippen LogP contribution in [-0.4, -0.2) is 4.92 Å². The molecule has 0 aromatic heterocycles. The zero-order chi connectivity index (χ0) is 15.2.